The van der Waals surface area contributed by atoms with E-state index in [1.54, 1.807) is 30.9 Å². The zero-order valence-electron chi connectivity index (χ0n) is 6.59. The molecule has 0 N–H and O–H groups in total. The summed E-state index contributed by atoms with van der Waals surface area (Å²) in [5.41, 5.74) is 0. The zero-order valence-corrected chi connectivity index (χ0v) is 8.18. The first kappa shape index (κ1) is 9.75. The van der Waals surface area contributed by atoms with Crippen LogP contribution in [0.15, 0.2) is 0 Å². The topological polar surface area (TPSA) is 23.6 Å². The molecule has 0 atom stereocenters. The number of alkyl halides is 1. The molecule has 2 amide bonds. The molecule has 0 aliphatic carbocycles. The van der Waals surface area contributed by atoms with Crippen LogP contribution in [0.25, 0.3) is 0 Å². The summed E-state index contributed by atoms with van der Waals surface area (Å²) in [5.74, 6) is 0. The highest BCUT2D eigenvalue weighted by Crippen LogP contribution is 1.91. The molecule has 0 bridgehead atoms. The molecule has 60 valence electrons. The monoisotopic (exact) mass is 208 g/mol. The van der Waals surface area contributed by atoms with E-state index in [2.05, 4.69) is 15.9 Å². The molecule has 0 aromatic carbocycles. The van der Waals surface area contributed by atoms with Crippen molar-refractivity contribution in [3.05, 3.63) is 0 Å². The van der Waals surface area contributed by atoms with Crippen LogP contribution in [-0.2, 0) is 0 Å². The van der Waals surface area contributed by atoms with Crippen molar-refractivity contribution in [1.29, 1.82) is 0 Å². The van der Waals surface area contributed by atoms with E-state index in [1.807, 2.05) is 0 Å². The normalized spacial score (nSPS) is 9.20. The number of carbonyl (C=O) groups excluding carboxylic acids is 1. The molecule has 0 saturated heterocycles. The first-order valence-corrected chi connectivity index (χ1v) is 4.20. The molecule has 0 aliphatic heterocycles. The third-order valence-corrected chi connectivity index (χ3v) is 1.48. The third-order valence-electron chi connectivity index (χ3n) is 1.13. The van der Waals surface area contributed by atoms with Crippen LogP contribution in [0.4, 0.5) is 4.79 Å². The van der Waals surface area contributed by atoms with Crippen LogP contribution in [0.2, 0.25) is 0 Å². The molecule has 0 unspecified atom stereocenters. The van der Waals surface area contributed by atoms with E-state index in [0.29, 0.717) is 0 Å². The summed E-state index contributed by atoms with van der Waals surface area (Å²) >= 11 is 3.25. The summed E-state index contributed by atoms with van der Waals surface area (Å²) in [6.45, 7) is 0.747. The van der Waals surface area contributed by atoms with Crippen molar-refractivity contribution in [3.63, 3.8) is 0 Å². The number of carbonyl (C=O) groups is 1. The molecule has 0 rings (SSSR count). The van der Waals surface area contributed by atoms with Gasteiger partial charge in [-0.1, -0.05) is 15.9 Å². The Labute approximate surface area is 70.1 Å². The van der Waals surface area contributed by atoms with Crippen molar-refractivity contribution in [2.24, 2.45) is 0 Å². The first-order chi connectivity index (χ1) is 4.59. The van der Waals surface area contributed by atoms with Crippen LogP contribution in [0.5, 0.6) is 0 Å². The van der Waals surface area contributed by atoms with E-state index in [9.17, 15) is 4.79 Å². The quantitative estimate of drug-likeness (QED) is 0.622. The molecule has 10 heavy (non-hydrogen) atoms. The Bertz CT molecular complexity index is 116. The van der Waals surface area contributed by atoms with E-state index in [0.717, 1.165) is 11.9 Å². The van der Waals surface area contributed by atoms with E-state index < -0.39 is 0 Å². The summed E-state index contributed by atoms with van der Waals surface area (Å²) in [5, 5.41) is 0.822. The number of halogens is 1. The number of amides is 2. The molecular formula is C6H13BrN2O. The smallest absolute Gasteiger partial charge is 0.319 e. The second-order valence-electron chi connectivity index (χ2n) is 2.29. The number of hydrogen-bond acceptors (Lipinski definition) is 1. The lowest BCUT2D eigenvalue weighted by Gasteiger charge is -2.20. The standard InChI is InChI=1S/C6H13BrN2O/c1-8(2)6(10)9(3)5-4-7/h4-5H2,1-3H3. The maximum absolute atomic E-state index is 11.1. The molecule has 4 heteroatoms. The highest BCUT2D eigenvalue weighted by atomic mass is 79.9. The Hall–Kier alpha value is -0.250. The van der Waals surface area contributed by atoms with Crippen LogP contribution in [0, 0.1) is 0 Å². The number of nitrogens with zero attached hydrogens (tertiary/aromatic N) is 2. The fourth-order valence-corrected chi connectivity index (χ4v) is 1.10. The SMILES string of the molecule is CN(C)C(=O)N(C)CCBr. The van der Waals surface area contributed by atoms with E-state index >= 15 is 0 Å². The van der Waals surface area contributed by atoms with Gasteiger partial charge in [0.05, 0.1) is 0 Å². The van der Waals surface area contributed by atoms with Gasteiger partial charge in [0.25, 0.3) is 0 Å². The van der Waals surface area contributed by atoms with Gasteiger partial charge in [0.1, 0.15) is 0 Å². The van der Waals surface area contributed by atoms with Gasteiger partial charge in [-0.25, -0.2) is 4.79 Å². The van der Waals surface area contributed by atoms with Crippen molar-refractivity contribution in [1.82, 2.24) is 9.80 Å². The number of urea groups is 1. The van der Waals surface area contributed by atoms with Crippen LogP contribution in [0.3, 0.4) is 0 Å². The van der Waals surface area contributed by atoms with Gasteiger partial charge in [0, 0.05) is 33.0 Å². The van der Waals surface area contributed by atoms with Crippen LogP contribution in [-0.4, -0.2) is 48.8 Å². The summed E-state index contributed by atoms with van der Waals surface area (Å²) < 4.78 is 0. The molecule has 3 nitrogen and oxygen atoms in total. The lowest BCUT2D eigenvalue weighted by atomic mass is 10.6. The lowest BCUT2D eigenvalue weighted by molar-refractivity contribution is 0.184. The Balaban J connectivity index is 3.71. The van der Waals surface area contributed by atoms with Gasteiger partial charge >= 0.3 is 6.03 Å². The van der Waals surface area contributed by atoms with Crippen molar-refractivity contribution >= 4 is 22.0 Å². The predicted octanol–water partition coefficient (Wildman–Crippen LogP) is 0.995. The Kier molecular flexibility index (Phi) is 4.43. The maximum Gasteiger partial charge on any atom is 0.319 e. The van der Waals surface area contributed by atoms with E-state index in [1.165, 1.54) is 0 Å². The summed E-state index contributed by atoms with van der Waals surface area (Å²) in [6, 6.07) is 0.0412. The Morgan fingerprint density at radius 2 is 1.90 bits per heavy atom. The second kappa shape index (κ2) is 4.55. The summed E-state index contributed by atoms with van der Waals surface area (Å²) in [4.78, 5) is 14.3. The molecule has 0 saturated carbocycles. The molecule has 0 aromatic heterocycles. The maximum atomic E-state index is 11.1. The Morgan fingerprint density at radius 3 is 2.20 bits per heavy atom. The molecular weight excluding hydrogens is 196 g/mol. The fraction of sp³-hybridized carbons (Fsp3) is 0.833. The van der Waals surface area contributed by atoms with Crippen LogP contribution in [0.1, 0.15) is 0 Å². The minimum atomic E-state index is 0.0412. The van der Waals surface area contributed by atoms with Gasteiger partial charge in [-0.2, -0.15) is 0 Å². The minimum Gasteiger partial charge on any atom is -0.331 e. The van der Waals surface area contributed by atoms with Crippen LogP contribution >= 0.6 is 15.9 Å². The van der Waals surface area contributed by atoms with Crippen molar-refractivity contribution in [2.75, 3.05) is 33.0 Å². The van der Waals surface area contributed by atoms with Crippen molar-refractivity contribution in [2.45, 2.75) is 0 Å². The van der Waals surface area contributed by atoms with Gasteiger partial charge in [0.15, 0.2) is 0 Å². The molecule has 0 radical (unpaired) electrons. The molecule has 0 fully saturated rings. The third kappa shape index (κ3) is 3.06. The van der Waals surface area contributed by atoms with E-state index in [4.69, 9.17) is 0 Å². The predicted molar refractivity (Wildman–Crippen MR) is 45.5 cm³/mol. The second-order valence-corrected chi connectivity index (χ2v) is 3.08. The van der Waals surface area contributed by atoms with Crippen molar-refractivity contribution in [3.8, 4) is 0 Å². The number of hydrogen-bond donors (Lipinski definition) is 0. The van der Waals surface area contributed by atoms with Crippen molar-refractivity contribution < 1.29 is 4.79 Å². The first-order valence-electron chi connectivity index (χ1n) is 3.08. The average molecular weight is 209 g/mol. The Morgan fingerprint density at radius 1 is 1.40 bits per heavy atom. The van der Waals surface area contributed by atoms with Gasteiger partial charge in [-0.05, 0) is 0 Å². The van der Waals surface area contributed by atoms with Gasteiger partial charge in [-0.3, -0.25) is 0 Å². The minimum absolute atomic E-state index is 0.0412. The summed E-state index contributed by atoms with van der Waals surface area (Å²) in [6.07, 6.45) is 0. The molecule has 0 aromatic rings. The van der Waals surface area contributed by atoms with Gasteiger partial charge in [-0.15, -0.1) is 0 Å². The van der Waals surface area contributed by atoms with E-state index in [-0.39, 0.29) is 6.03 Å². The molecule has 0 spiro atoms. The zero-order chi connectivity index (χ0) is 8.15. The molecule has 0 aliphatic rings. The lowest BCUT2D eigenvalue weighted by Crippen LogP contribution is -2.37. The highest BCUT2D eigenvalue weighted by Gasteiger charge is 2.07. The van der Waals surface area contributed by atoms with Gasteiger partial charge in [0.2, 0.25) is 0 Å². The number of rotatable bonds is 2. The molecule has 0 heterocycles. The average Bonchev–Trinajstić information content (AvgIpc) is 1.87. The fourth-order valence-electron chi connectivity index (χ4n) is 0.564. The highest BCUT2D eigenvalue weighted by molar-refractivity contribution is 9.09. The van der Waals surface area contributed by atoms with Gasteiger partial charge < -0.3 is 9.80 Å². The van der Waals surface area contributed by atoms with Crippen LogP contribution < -0.4 is 0 Å². The largest absolute Gasteiger partial charge is 0.331 e. The summed E-state index contributed by atoms with van der Waals surface area (Å²) in [7, 11) is 5.27.